The van der Waals surface area contributed by atoms with E-state index in [1.165, 1.54) is 16.4 Å². The van der Waals surface area contributed by atoms with Gasteiger partial charge in [0.15, 0.2) is 11.4 Å². The van der Waals surface area contributed by atoms with Gasteiger partial charge in [0.25, 0.3) is 5.91 Å². The molecule has 1 aliphatic rings. The highest BCUT2D eigenvalue weighted by Gasteiger charge is 2.28. The topological polar surface area (TPSA) is 84.4 Å². The minimum absolute atomic E-state index is 0.00626. The molecule has 0 bridgehead atoms. The summed E-state index contributed by atoms with van der Waals surface area (Å²) in [6.45, 7) is 5.38. The van der Waals surface area contributed by atoms with Gasteiger partial charge >= 0.3 is 0 Å². The Morgan fingerprint density at radius 1 is 1.35 bits per heavy atom. The minimum Gasteiger partial charge on any atom is -0.504 e. The smallest absolute Gasteiger partial charge is 0.278 e. The molecule has 1 aliphatic heterocycles. The van der Waals surface area contributed by atoms with Crippen LogP contribution in [-0.4, -0.2) is 44.8 Å². The fourth-order valence-electron chi connectivity index (χ4n) is 2.78. The van der Waals surface area contributed by atoms with Crippen molar-refractivity contribution in [2.75, 3.05) is 13.1 Å². The van der Waals surface area contributed by atoms with Crippen LogP contribution in [0.5, 0.6) is 5.75 Å². The van der Waals surface area contributed by atoms with Crippen LogP contribution < -0.4 is 5.73 Å². The minimum atomic E-state index is -0.270. The summed E-state index contributed by atoms with van der Waals surface area (Å²) in [6.07, 6.45) is 2.25. The molecule has 6 nitrogen and oxygen atoms in total. The molecule has 2 heterocycles. The second-order valence-corrected chi connectivity index (χ2v) is 6.35. The maximum absolute atomic E-state index is 12.4. The average Bonchev–Trinajstić information content (AvgIpc) is 3.13. The lowest BCUT2D eigenvalue weighted by Crippen LogP contribution is -2.32. The number of hydrogen-bond acceptors (Lipinski definition) is 4. The van der Waals surface area contributed by atoms with Crippen molar-refractivity contribution in [2.24, 2.45) is 5.73 Å². The van der Waals surface area contributed by atoms with Crippen molar-refractivity contribution in [3.05, 3.63) is 41.7 Å². The molecule has 1 atom stereocenters. The summed E-state index contributed by atoms with van der Waals surface area (Å²) in [5.74, 6) is 0.0722. The lowest BCUT2D eigenvalue weighted by molar-refractivity contribution is 0.0781. The van der Waals surface area contributed by atoms with Crippen LogP contribution in [0.15, 0.2) is 30.5 Å². The highest BCUT2D eigenvalue weighted by Crippen LogP contribution is 2.23. The van der Waals surface area contributed by atoms with E-state index in [9.17, 15) is 9.90 Å². The Balaban J connectivity index is 1.84. The number of carbonyl (C=O) groups excluding carboxylic acids is 1. The van der Waals surface area contributed by atoms with Gasteiger partial charge in [-0.2, -0.15) is 5.10 Å². The Kier molecular flexibility index (Phi) is 4.09. The van der Waals surface area contributed by atoms with Crippen molar-refractivity contribution in [3.8, 4) is 11.4 Å². The summed E-state index contributed by atoms with van der Waals surface area (Å²) in [4.78, 5) is 14.1. The standard InChI is InChI=1S/C17H22N4O2/c1-11(2)12-3-5-14(6-4-12)21-10-15(22)16(19-21)17(23)20-8-7-13(18)9-20/h3-6,10-11,13,22H,7-9,18H2,1-2H3/t13-/m1/s1. The molecule has 122 valence electrons. The van der Waals surface area contributed by atoms with E-state index in [2.05, 4.69) is 18.9 Å². The first-order valence-corrected chi connectivity index (χ1v) is 7.89. The molecule has 0 radical (unpaired) electrons. The number of likely N-dealkylation sites (tertiary alicyclic amines) is 1. The number of amides is 1. The van der Waals surface area contributed by atoms with Gasteiger partial charge in [-0.15, -0.1) is 0 Å². The van der Waals surface area contributed by atoms with Gasteiger partial charge in [0.05, 0.1) is 11.9 Å². The number of rotatable bonds is 3. The number of aromatic nitrogens is 2. The van der Waals surface area contributed by atoms with E-state index in [1.54, 1.807) is 4.90 Å². The molecule has 23 heavy (non-hydrogen) atoms. The molecule has 1 saturated heterocycles. The molecule has 0 spiro atoms. The molecule has 3 N–H and O–H groups in total. The summed E-state index contributed by atoms with van der Waals surface area (Å²) in [5.41, 5.74) is 7.94. The van der Waals surface area contributed by atoms with Gasteiger partial charge in [-0.05, 0) is 30.0 Å². The van der Waals surface area contributed by atoms with Crippen LogP contribution in [0.25, 0.3) is 5.69 Å². The van der Waals surface area contributed by atoms with Crippen LogP contribution in [0.3, 0.4) is 0 Å². The predicted molar refractivity (Wildman–Crippen MR) is 87.8 cm³/mol. The second-order valence-electron chi connectivity index (χ2n) is 6.35. The van der Waals surface area contributed by atoms with E-state index in [-0.39, 0.29) is 23.4 Å². The van der Waals surface area contributed by atoms with Gasteiger partial charge in [-0.1, -0.05) is 26.0 Å². The van der Waals surface area contributed by atoms with E-state index >= 15 is 0 Å². The van der Waals surface area contributed by atoms with Crippen LogP contribution in [0.2, 0.25) is 0 Å². The average molecular weight is 314 g/mol. The Morgan fingerprint density at radius 2 is 2.04 bits per heavy atom. The summed E-state index contributed by atoms with van der Waals surface area (Å²) >= 11 is 0. The third-order valence-electron chi connectivity index (χ3n) is 4.23. The first-order valence-electron chi connectivity index (χ1n) is 7.89. The second kappa shape index (κ2) is 6.04. The first-order chi connectivity index (χ1) is 11.0. The monoisotopic (exact) mass is 314 g/mol. The van der Waals surface area contributed by atoms with Crippen molar-refractivity contribution in [3.63, 3.8) is 0 Å². The van der Waals surface area contributed by atoms with E-state index in [0.717, 1.165) is 12.1 Å². The van der Waals surface area contributed by atoms with Crippen molar-refractivity contribution in [1.29, 1.82) is 0 Å². The Morgan fingerprint density at radius 3 is 2.61 bits per heavy atom. The Bertz CT molecular complexity index is 706. The van der Waals surface area contributed by atoms with E-state index in [4.69, 9.17) is 5.73 Å². The van der Waals surface area contributed by atoms with Crippen LogP contribution in [0.4, 0.5) is 0 Å². The molecular formula is C17H22N4O2. The number of nitrogens with zero attached hydrogens (tertiary/aromatic N) is 3. The van der Waals surface area contributed by atoms with E-state index in [0.29, 0.717) is 19.0 Å². The summed E-state index contributed by atoms with van der Waals surface area (Å²) in [6, 6.07) is 7.93. The number of carbonyl (C=O) groups is 1. The van der Waals surface area contributed by atoms with Crippen molar-refractivity contribution >= 4 is 5.91 Å². The summed E-state index contributed by atoms with van der Waals surface area (Å²) in [7, 11) is 0. The third-order valence-corrected chi connectivity index (χ3v) is 4.23. The van der Waals surface area contributed by atoms with Gasteiger partial charge in [-0.25, -0.2) is 4.68 Å². The zero-order valence-corrected chi connectivity index (χ0v) is 13.4. The van der Waals surface area contributed by atoms with Crippen LogP contribution in [-0.2, 0) is 0 Å². The van der Waals surface area contributed by atoms with Crippen LogP contribution in [0.1, 0.15) is 42.2 Å². The molecule has 0 saturated carbocycles. The van der Waals surface area contributed by atoms with Crippen LogP contribution >= 0.6 is 0 Å². The number of nitrogens with two attached hydrogens (primary N) is 1. The van der Waals surface area contributed by atoms with E-state index < -0.39 is 0 Å². The first kappa shape index (κ1) is 15.6. The molecular weight excluding hydrogens is 292 g/mol. The van der Waals surface area contributed by atoms with Crippen molar-refractivity contribution < 1.29 is 9.90 Å². The lowest BCUT2D eigenvalue weighted by atomic mass is 10.0. The Labute approximate surface area is 135 Å². The summed E-state index contributed by atoms with van der Waals surface area (Å²) in [5, 5.41) is 14.3. The van der Waals surface area contributed by atoms with Gasteiger partial charge in [0.1, 0.15) is 0 Å². The van der Waals surface area contributed by atoms with Crippen molar-refractivity contribution in [2.45, 2.75) is 32.2 Å². The van der Waals surface area contributed by atoms with Gasteiger partial charge in [-0.3, -0.25) is 4.79 Å². The lowest BCUT2D eigenvalue weighted by Gasteiger charge is -2.13. The SMILES string of the molecule is CC(C)c1ccc(-n2cc(O)c(C(=O)N3CC[C@@H](N)C3)n2)cc1. The molecule has 3 rings (SSSR count). The van der Waals surface area contributed by atoms with Gasteiger partial charge in [0, 0.05) is 19.1 Å². The fourth-order valence-corrected chi connectivity index (χ4v) is 2.78. The summed E-state index contributed by atoms with van der Waals surface area (Å²) < 4.78 is 1.53. The Hall–Kier alpha value is -2.34. The highest BCUT2D eigenvalue weighted by molar-refractivity contribution is 5.95. The largest absolute Gasteiger partial charge is 0.504 e. The molecule has 0 aliphatic carbocycles. The molecule has 6 heteroatoms. The maximum atomic E-state index is 12.4. The number of aromatic hydroxyl groups is 1. The number of hydrogen-bond donors (Lipinski definition) is 2. The molecule has 1 amide bonds. The molecule has 1 fully saturated rings. The number of benzene rings is 1. The van der Waals surface area contributed by atoms with Crippen molar-refractivity contribution in [1.82, 2.24) is 14.7 Å². The normalized spacial score (nSPS) is 17.9. The quantitative estimate of drug-likeness (QED) is 0.906. The zero-order chi connectivity index (χ0) is 16.6. The predicted octanol–water partition coefficient (Wildman–Crippen LogP) is 1.87. The zero-order valence-electron chi connectivity index (χ0n) is 13.4. The fraction of sp³-hybridized carbons (Fsp3) is 0.412. The molecule has 2 aromatic rings. The third kappa shape index (κ3) is 3.07. The van der Waals surface area contributed by atoms with Crippen LogP contribution in [0, 0.1) is 0 Å². The van der Waals surface area contributed by atoms with Gasteiger partial charge in [0.2, 0.25) is 0 Å². The molecule has 0 unspecified atom stereocenters. The van der Waals surface area contributed by atoms with Gasteiger partial charge < -0.3 is 15.7 Å². The maximum Gasteiger partial charge on any atom is 0.278 e. The molecule has 1 aromatic carbocycles. The molecule has 1 aromatic heterocycles. The highest BCUT2D eigenvalue weighted by atomic mass is 16.3. The van der Waals surface area contributed by atoms with E-state index in [1.807, 2.05) is 24.3 Å².